The molecule has 4 heterocycles. The summed E-state index contributed by atoms with van der Waals surface area (Å²) in [5.41, 5.74) is 5.88. The van der Waals surface area contributed by atoms with Crippen LogP contribution in [0.5, 0.6) is 0 Å². The molecule has 2 unspecified atom stereocenters. The van der Waals surface area contributed by atoms with Gasteiger partial charge in [-0.15, -0.1) is 0 Å². The number of nitrogens with zero attached hydrogens (tertiary/aromatic N) is 4. The highest BCUT2D eigenvalue weighted by Crippen LogP contribution is 2.44. The lowest BCUT2D eigenvalue weighted by molar-refractivity contribution is 0.0442. The molecule has 0 fully saturated rings. The molecule has 3 aliphatic rings. The number of ether oxygens (including phenoxy) is 2. The van der Waals surface area contributed by atoms with E-state index in [9.17, 15) is 19.5 Å². The molecular weight excluding hydrogens is 780 g/mol. The molecule has 0 bridgehead atoms. The number of fused-ring (bicyclic) bond motifs is 7. The van der Waals surface area contributed by atoms with Crippen molar-refractivity contribution >= 4 is 59.8 Å². The maximum atomic E-state index is 13.1. The zero-order valence-corrected chi connectivity index (χ0v) is 30.5. The van der Waals surface area contributed by atoms with Crippen LogP contribution in [0.15, 0.2) is 103 Å². The van der Waals surface area contributed by atoms with Gasteiger partial charge in [-0.05, 0) is 71.5 Å². The van der Waals surface area contributed by atoms with Gasteiger partial charge in [0.1, 0.15) is 24.9 Å². The topological polar surface area (TPSA) is 126 Å². The number of aliphatic hydroxyl groups is 1. The number of benzene rings is 4. The zero-order chi connectivity index (χ0) is 35.2. The Morgan fingerprint density at radius 3 is 1.75 bits per heavy atom. The number of aliphatic hydroxyl groups excluding tert-OH is 1. The van der Waals surface area contributed by atoms with Gasteiger partial charge < -0.3 is 14.6 Å². The van der Waals surface area contributed by atoms with Gasteiger partial charge in [0.2, 0.25) is 0 Å². The van der Waals surface area contributed by atoms with Crippen LogP contribution < -0.4 is 11.1 Å². The van der Waals surface area contributed by atoms with Crippen molar-refractivity contribution in [2.24, 2.45) is 0 Å². The van der Waals surface area contributed by atoms with Gasteiger partial charge in [-0.3, -0.25) is 18.7 Å². The van der Waals surface area contributed by atoms with E-state index in [1.807, 2.05) is 48.5 Å². The largest absolute Gasteiger partial charge is 0.508 e. The summed E-state index contributed by atoms with van der Waals surface area (Å²) in [6.45, 7) is 0.277. The molecule has 258 valence electrons. The Bertz CT molecular complexity index is 2420. The summed E-state index contributed by atoms with van der Waals surface area (Å²) in [4.78, 5) is 47.0. The van der Waals surface area contributed by atoms with Gasteiger partial charge in [0.15, 0.2) is 0 Å². The zero-order valence-electron chi connectivity index (χ0n) is 27.3. The minimum Gasteiger partial charge on any atom is -0.433 e. The Balaban J connectivity index is 0.000000184. The lowest BCUT2D eigenvalue weighted by Crippen LogP contribution is -2.27. The molecule has 1 N–H and O–H groups in total. The normalized spacial score (nSPS) is 17.0. The van der Waals surface area contributed by atoms with Crippen molar-refractivity contribution in [1.29, 1.82) is 0 Å². The summed E-state index contributed by atoms with van der Waals surface area (Å²) in [5.74, 6) is 1.47. The maximum Gasteiger partial charge on any atom is 0.508 e. The van der Waals surface area contributed by atoms with Crippen LogP contribution in [0.4, 0.5) is 4.79 Å². The van der Waals surface area contributed by atoms with Gasteiger partial charge in [-0.1, -0.05) is 80.4 Å². The predicted molar refractivity (Wildman–Crippen MR) is 200 cm³/mol. The highest BCUT2D eigenvalue weighted by atomic mass is 79.9. The fraction of sp³-hybridized carbons (Fsp3) is 0.256. The quantitative estimate of drug-likeness (QED) is 0.181. The van der Waals surface area contributed by atoms with Crippen molar-refractivity contribution in [1.82, 2.24) is 19.1 Å². The molecule has 51 heavy (non-hydrogen) atoms. The minimum absolute atomic E-state index is 0.00335. The van der Waals surface area contributed by atoms with Crippen molar-refractivity contribution in [2.75, 3.05) is 19.8 Å². The molecule has 0 spiro atoms. The Kier molecular flexibility index (Phi) is 9.07. The molecule has 9 rings (SSSR count). The molecule has 10 nitrogen and oxygen atoms in total. The molecule has 0 amide bonds. The smallest absolute Gasteiger partial charge is 0.433 e. The van der Waals surface area contributed by atoms with E-state index in [1.165, 1.54) is 11.1 Å². The Morgan fingerprint density at radius 2 is 1.20 bits per heavy atom. The molecule has 12 heteroatoms. The van der Waals surface area contributed by atoms with E-state index in [2.05, 4.69) is 66.1 Å². The van der Waals surface area contributed by atoms with Crippen molar-refractivity contribution in [3.8, 4) is 11.1 Å². The number of halogens is 2. The lowest BCUT2D eigenvalue weighted by Gasteiger charge is -2.17. The van der Waals surface area contributed by atoms with Crippen LogP contribution in [0.1, 0.15) is 53.6 Å². The van der Waals surface area contributed by atoms with E-state index in [4.69, 9.17) is 9.47 Å². The van der Waals surface area contributed by atoms with Crippen LogP contribution in [0.3, 0.4) is 0 Å². The van der Waals surface area contributed by atoms with E-state index in [0.29, 0.717) is 34.6 Å². The van der Waals surface area contributed by atoms with Crippen molar-refractivity contribution in [3.63, 3.8) is 0 Å². The van der Waals surface area contributed by atoms with Gasteiger partial charge in [0.25, 0.3) is 11.1 Å². The first-order valence-electron chi connectivity index (χ1n) is 16.8. The number of carbonyl (C=O) groups is 1. The fourth-order valence-electron chi connectivity index (χ4n) is 7.52. The number of aromatic nitrogens is 4. The van der Waals surface area contributed by atoms with Crippen molar-refractivity contribution in [3.05, 3.63) is 137 Å². The second kappa shape index (κ2) is 13.8. The minimum atomic E-state index is -0.721. The second-order valence-electron chi connectivity index (χ2n) is 12.9. The third kappa shape index (κ3) is 6.19. The number of hydrogen-bond donors (Lipinski definition) is 1. The number of hydrogen-bond acceptors (Lipinski definition) is 8. The van der Waals surface area contributed by atoms with Gasteiger partial charge >= 0.3 is 6.16 Å². The molecule has 0 radical (unpaired) electrons. The first-order valence-corrected chi connectivity index (χ1v) is 18.4. The molecule has 6 aromatic rings. The van der Waals surface area contributed by atoms with Crippen LogP contribution in [0, 0.1) is 0 Å². The molecular formula is C39H32Br2N4O6. The Labute approximate surface area is 309 Å². The van der Waals surface area contributed by atoms with Crippen molar-refractivity contribution < 1.29 is 19.4 Å². The van der Waals surface area contributed by atoms with Crippen LogP contribution in [0.25, 0.3) is 32.9 Å². The van der Waals surface area contributed by atoms with Gasteiger partial charge in [-0.2, -0.15) is 0 Å². The predicted octanol–water partition coefficient (Wildman–Crippen LogP) is 7.25. The summed E-state index contributed by atoms with van der Waals surface area (Å²) < 4.78 is 16.1. The molecule has 4 aromatic carbocycles. The summed E-state index contributed by atoms with van der Waals surface area (Å²) >= 11 is 6.80. The molecule has 1 aliphatic carbocycles. The van der Waals surface area contributed by atoms with Gasteiger partial charge in [0, 0.05) is 27.7 Å². The first-order chi connectivity index (χ1) is 24.8. The van der Waals surface area contributed by atoms with E-state index in [0.717, 1.165) is 44.6 Å². The summed E-state index contributed by atoms with van der Waals surface area (Å²) in [5, 5.41) is 10.4. The van der Waals surface area contributed by atoms with E-state index in [-0.39, 0.29) is 48.9 Å². The van der Waals surface area contributed by atoms with Crippen LogP contribution >= 0.6 is 31.9 Å². The van der Waals surface area contributed by atoms with E-state index < -0.39 is 6.16 Å². The van der Waals surface area contributed by atoms with Gasteiger partial charge in [0.05, 0.1) is 40.5 Å². The molecule has 2 aliphatic heterocycles. The maximum absolute atomic E-state index is 13.1. The fourth-order valence-corrected chi connectivity index (χ4v) is 8.22. The Morgan fingerprint density at radius 1 is 0.706 bits per heavy atom. The van der Waals surface area contributed by atoms with E-state index >= 15 is 0 Å². The lowest BCUT2D eigenvalue weighted by atomic mass is 9.98. The average Bonchev–Trinajstić information content (AvgIpc) is 3.84. The highest BCUT2D eigenvalue weighted by Gasteiger charge is 2.31. The number of carbonyl (C=O) groups excluding carboxylic acids is 1. The first kappa shape index (κ1) is 33.5. The molecule has 2 atom stereocenters. The average molecular weight is 813 g/mol. The highest BCUT2D eigenvalue weighted by molar-refractivity contribution is 9.10. The summed E-state index contributed by atoms with van der Waals surface area (Å²) in [6, 6.07) is 26.9. The molecule has 0 saturated carbocycles. The number of rotatable bonds is 5. The molecule has 2 aromatic heterocycles. The second-order valence-corrected chi connectivity index (χ2v) is 14.7. The summed E-state index contributed by atoms with van der Waals surface area (Å²) in [7, 11) is 0. The Hall–Kier alpha value is -4.65. The monoisotopic (exact) mass is 810 g/mol. The third-order valence-corrected chi connectivity index (χ3v) is 10.9. The van der Waals surface area contributed by atoms with Crippen LogP contribution in [-0.4, -0.2) is 50.2 Å². The SMILES string of the molecule is O=C(OCC1c2ccccc2-c2ccccc21)OCC1CCc2nc3cc(Br)ccc3c(=O)n21.O=c1c2ccc(Br)cc2nc2n1C(CO)CC2. The van der Waals surface area contributed by atoms with Gasteiger partial charge in [-0.25, -0.2) is 14.8 Å². The van der Waals surface area contributed by atoms with E-state index in [1.54, 1.807) is 21.3 Å². The van der Waals surface area contributed by atoms with Crippen LogP contribution in [0.2, 0.25) is 0 Å². The number of aryl methyl sites for hydroxylation is 2. The van der Waals surface area contributed by atoms with Crippen molar-refractivity contribution in [2.45, 2.75) is 43.7 Å². The summed E-state index contributed by atoms with van der Waals surface area (Å²) in [6.07, 6.45) is 2.17. The standard InChI is InChI=1S/C27H21BrN2O4.C12H11BrN2O2/c28-16-9-11-22-24(13-16)29-25-12-10-17(30(25)26(22)31)14-33-27(32)34-15-23-20-7-3-1-5-18(20)19-6-2-4-8-21(19)23;13-7-1-3-9-10(5-7)14-11-4-2-8(6-16)15(11)12(9)17/h1-9,11,13,17,23H,10,12,14-15H2;1,3,5,8,16H,2,4,6H2. The third-order valence-electron chi connectivity index (χ3n) is 9.94. The molecule has 0 saturated heterocycles. The van der Waals surface area contributed by atoms with Crippen LogP contribution in [-0.2, 0) is 22.3 Å².